The topological polar surface area (TPSA) is 45.5 Å². The normalized spacial score (nSPS) is 26.8. The molecule has 2 aromatic rings. The summed E-state index contributed by atoms with van der Waals surface area (Å²) in [6.07, 6.45) is 7.00. The van der Waals surface area contributed by atoms with Crippen LogP contribution in [0.1, 0.15) is 25.7 Å². The summed E-state index contributed by atoms with van der Waals surface area (Å²) in [4.78, 5) is 7.11. The Hall–Kier alpha value is -1.14. The van der Waals surface area contributed by atoms with Crippen LogP contribution in [-0.4, -0.2) is 39.8 Å². The highest BCUT2D eigenvalue weighted by Gasteiger charge is 2.35. The van der Waals surface area contributed by atoms with Gasteiger partial charge >= 0.3 is 0 Å². The van der Waals surface area contributed by atoms with E-state index in [1.165, 1.54) is 25.7 Å². The van der Waals surface area contributed by atoms with Crippen LogP contribution in [-0.2, 0) is 0 Å². The fourth-order valence-corrected chi connectivity index (χ4v) is 3.91. The predicted octanol–water partition coefficient (Wildman–Crippen LogP) is 2.21. The molecule has 106 valence electrons. The van der Waals surface area contributed by atoms with E-state index in [0.29, 0.717) is 12.1 Å². The summed E-state index contributed by atoms with van der Waals surface area (Å²) in [5.74, 6) is 0.869. The molecular formula is C14H18BrN5. The lowest BCUT2D eigenvalue weighted by molar-refractivity contribution is 0.479. The van der Waals surface area contributed by atoms with Crippen molar-refractivity contribution in [1.82, 2.24) is 19.9 Å². The number of fused-ring (bicyclic) bond motifs is 1. The first-order valence-corrected chi connectivity index (χ1v) is 8.13. The monoisotopic (exact) mass is 335 g/mol. The molecule has 0 aromatic carbocycles. The molecular weight excluding hydrogens is 318 g/mol. The maximum Gasteiger partial charge on any atom is 0.246 e. The van der Waals surface area contributed by atoms with E-state index < -0.39 is 0 Å². The minimum Gasteiger partial charge on any atom is -0.335 e. The number of halogens is 1. The highest BCUT2D eigenvalue weighted by atomic mass is 79.9. The van der Waals surface area contributed by atoms with Gasteiger partial charge in [0.25, 0.3) is 0 Å². The van der Waals surface area contributed by atoms with E-state index in [1.807, 2.05) is 22.8 Å². The number of nitrogens with zero attached hydrogens (tertiary/aromatic N) is 4. The summed E-state index contributed by atoms with van der Waals surface area (Å²) in [6.45, 7) is 2.22. The third kappa shape index (κ3) is 2.02. The van der Waals surface area contributed by atoms with Gasteiger partial charge in [0.05, 0.1) is 4.47 Å². The van der Waals surface area contributed by atoms with Crippen molar-refractivity contribution in [3.05, 3.63) is 22.8 Å². The number of hydrogen-bond acceptors (Lipinski definition) is 4. The van der Waals surface area contributed by atoms with Crippen LogP contribution in [0, 0.1) is 0 Å². The van der Waals surface area contributed by atoms with Crippen molar-refractivity contribution in [3.63, 3.8) is 0 Å². The number of anilines is 1. The predicted molar refractivity (Wildman–Crippen MR) is 82.1 cm³/mol. The first-order chi connectivity index (χ1) is 9.83. The highest BCUT2D eigenvalue weighted by molar-refractivity contribution is 9.10. The van der Waals surface area contributed by atoms with Crippen LogP contribution in [0.25, 0.3) is 5.65 Å². The second-order valence-electron chi connectivity index (χ2n) is 5.64. The Bertz CT molecular complexity index is 619. The molecule has 2 saturated heterocycles. The van der Waals surface area contributed by atoms with Crippen LogP contribution in [0.5, 0.6) is 0 Å². The van der Waals surface area contributed by atoms with Gasteiger partial charge in [-0.15, -0.1) is 5.10 Å². The second kappa shape index (κ2) is 5.00. The molecule has 2 aliphatic rings. The zero-order valence-electron chi connectivity index (χ0n) is 11.3. The molecule has 5 nitrogen and oxygen atoms in total. The van der Waals surface area contributed by atoms with Crippen molar-refractivity contribution in [2.24, 2.45) is 0 Å². The fourth-order valence-electron chi connectivity index (χ4n) is 3.48. The van der Waals surface area contributed by atoms with Crippen molar-refractivity contribution in [1.29, 1.82) is 0 Å². The molecule has 2 aliphatic heterocycles. The van der Waals surface area contributed by atoms with Crippen molar-refractivity contribution >= 4 is 27.5 Å². The first kappa shape index (κ1) is 12.6. The molecule has 2 fully saturated rings. The Morgan fingerprint density at radius 1 is 1.30 bits per heavy atom. The molecule has 0 bridgehead atoms. The average molecular weight is 336 g/mol. The average Bonchev–Trinajstić information content (AvgIpc) is 3.18. The van der Waals surface area contributed by atoms with Crippen LogP contribution in [0.15, 0.2) is 22.8 Å². The Morgan fingerprint density at radius 2 is 2.25 bits per heavy atom. The molecule has 0 amide bonds. The van der Waals surface area contributed by atoms with Gasteiger partial charge in [-0.3, -0.25) is 0 Å². The van der Waals surface area contributed by atoms with Crippen molar-refractivity contribution in [2.75, 3.05) is 18.0 Å². The fraction of sp³-hybridized carbons (Fsp3) is 0.571. The lowest BCUT2D eigenvalue weighted by atomic mass is 10.0. The smallest absolute Gasteiger partial charge is 0.246 e. The van der Waals surface area contributed by atoms with Crippen LogP contribution in [0.2, 0.25) is 0 Å². The van der Waals surface area contributed by atoms with E-state index in [1.54, 1.807) is 0 Å². The van der Waals surface area contributed by atoms with Crippen LogP contribution < -0.4 is 10.2 Å². The van der Waals surface area contributed by atoms with Gasteiger partial charge in [0.15, 0.2) is 5.65 Å². The van der Waals surface area contributed by atoms with Gasteiger partial charge in [-0.1, -0.05) is 0 Å². The van der Waals surface area contributed by atoms with Crippen LogP contribution in [0.3, 0.4) is 0 Å². The second-order valence-corrected chi connectivity index (χ2v) is 6.50. The number of aromatic nitrogens is 3. The van der Waals surface area contributed by atoms with Gasteiger partial charge in [-0.05, 0) is 60.3 Å². The van der Waals surface area contributed by atoms with Crippen molar-refractivity contribution in [2.45, 2.75) is 37.8 Å². The molecule has 6 heteroatoms. The van der Waals surface area contributed by atoms with E-state index in [9.17, 15) is 0 Å². The summed E-state index contributed by atoms with van der Waals surface area (Å²) in [5, 5.41) is 8.28. The lowest BCUT2D eigenvalue weighted by Crippen LogP contribution is -2.44. The molecule has 2 aromatic heterocycles. The summed E-state index contributed by atoms with van der Waals surface area (Å²) >= 11 is 3.55. The van der Waals surface area contributed by atoms with Gasteiger partial charge in [0.2, 0.25) is 5.95 Å². The summed E-state index contributed by atoms with van der Waals surface area (Å²) in [7, 11) is 0. The molecule has 0 radical (unpaired) electrons. The third-order valence-corrected chi connectivity index (χ3v) is 5.04. The number of rotatable bonds is 2. The Balaban J connectivity index is 1.68. The minimum atomic E-state index is 0.550. The Morgan fingerprint density at radius 3 is 3.05 bits per heavy atom. The van der Waals surface area contributed by atoms with E-state index in [-0.39, 0.29) is 0 Å². The zero-order chi connectivity index (χ0) is 13.5. The molecule has 0 spiro atoms. The van der Waals surface area contributed by atoms with E-state index in [4.69, 9.17) is 4.98 Å². The molecule has 0 saturated carbocycles. The molecule has 20 heavy (non-hydrogen) atoms. The minimum absolute atomic E-state index is 0.550. The van der Waals surface area contributed by atoms with E-state index >= 15 is 0 Å². The molecule has 1 N–H and O–H groups in total. The largest absolute Gasteiger partial charge is 0.335 e. The Kier molecular flexibility index (Phi) is 3.15. The number of nitrogens with one attached hydrogen (secondary N) is 1. The number of hydrogen-bond donors (Lipinski definition) is 1. The maximum absolute atomic E-state index is 4.72. The highest BCUT2D eigenvalue weighted by Crippen LogP contribution is 2.29. The zero-order valence-corrected chi connectivity index (χ0v) is 12.9. The molecule has 0 aliphatic carbocycles. The molecule has 4 rings (SSSR count). The number of pyridine rings is 1. The van der Waals surface area contributed by atoms with Crippen molar-refractivity contribution in [3.8, 4) is 0 Å². The van der Waals surface area contributed by atoms with Crippen LogP contribution in [0.4, 0.5) is 5.95 Å². The molecule has 2 atom stereocenters. The molecule has 4 heterocycles. The summed E-state index contributed by atoms with van der Waals surface area (Å²) in [6, 6.07) is 5.14. The summed E-state index contributed by atoms with van der Waals surface area (Å²) < 4.78 is 2.85. The van der Waals surface area contributed by atoms with Crippen LogP contribution >= 0.6 is 15.9 Å². The maximum atomic E-state index is 4.72. The third-order valence-electron chi connectivity index (χ3n) is 4.42. The van der Waals surface area contributed by atoms with Gasteiger partial charge < -0.3 is 10.2 Å². The van der Waals surface area contributed by atoms with Gasteiger partial charge in [-0.25, -0.2) is 4.52 Å². The SMILES string of the molecule is Brc1cccn2nc(N3CCCC3C3CCCN3)nc12. The standard InChI is InChI=1S/C14H18BrN5/c15-10-4-2-9-20-13(10)17-14(18-20)19-8-3-6-12(19)11-5-1-7-16-11/h2,4,9,11-12,16H,1,3,5-8H2. The van der Waals surface area contributed by atoms with E-state index in [2.05, 4.69) is 31.2 Å². The van der Waals surface area contributed by atoms with Gasteiger partial charge in [-0.2, -0.15) is 4.98 Å². The Labute approximate surface area is 126 Å². The molecule has 2 unspecified atom stereocenters. The summed E-state index contributed by atoms with van der Waals surface area (Å²) in [5.41, 5.74) is 0.896. The lowest BCUT2D eigenvalue weighted by Gasteiger charge is -2.28. The first-order valence-electron chi connectivity index (χ1n) is 7.34. The van der Waals surface area contributed by atoms with Gasteiger partial charge in [0.1, 0.15) is 0 Å². The van der Waals surface area contributed by atoms with E-state index in [0.717, 1.165) is 29.2 Å². The quantitative estimate of drug-likeness (QED) is 0.913. The van der Waals surface area contributed by atoms with Gasteiger partial charge in [0, 0.05) is 24.8 Å². The van der Waals surface area contributed by atoms with Crippen molar-refractivity contribution < 1.29 is 0 Å².